The second-order valence-corrected chi connectivity index (χ2v) is 8.15. The van der Waals surface area contributed by atoms with Crippen molar-refractivity contribution in [3.63, 3.8) is 0 Å². The van der Waals surface area contributed by atoms with Gasteiger partial charge in [0.05, 0.1) is 19.2 Å². The number of phenolic OH excluding ortho intramolecular Hbond substituents is 1. The minimum Gasteiger partial charge on any atom is -0.507 e. The molecule has 2 aromatic carbocycles. The average molecular weight is 406 g/mol. The molecule has 1 aliphatic heterocycles. The Bertz CT molecular complexity index is 970. The van der Waals surface area contributed by atoms with Gasteiger partial charge >= 0.3 is 0 Å². The van der Waals surface area contributed by atoms with Crippen LogP contribution in [0.15, 0.2) is 59.7 Å². The Kier molecular flexibility index (Phi) is 6.99. The van der Waals surface area contributed by atoms with Gasteiger partial charge in [-0.05, 0) is 51.7 Å². The number of allylic oxidation sites excluding steroid dienone is 4. The molecule has 0 aromatic heterocycles. The number of benzene rings is 2. The molecule has 0 saturated heterocycles. The number of hydrogen-bond acceptors (Lipinski definition) is 3. The summed E-state index contributed by atoms with van der Waals surface area (Å²) in [5.41, 5.74) is 5.64. The maximum absolute atomic E-state index is 12.9. The summed E-state index contributed by atoms with van der Waals surface area (Å²) in [6, 6.07) is 11.7. The first-order valence-electron chi connectivity index (χ1n) is 10.4. The standard InChI is InChI=1S/C26H31NO3/c1-18(2)9-8-10-19(3)13-14-21-24(30-4)15-22-23(25(21)28)17-27(26(22)29)16-20-11-6-5-7-12-20/h5-7,9,11-13,15,28H,8,10,14,16-17H2,1-4H3/b19-13+. The quantitative estimate of drug-likeness (QED) is 0.565. The van der Waals surface area contributed by atoms with Crippen molar-refractivity contribution in [2.45, 2.75) is 53.1 Å². The van der Waals surface area contributed by atoms with E-state index in [-0.39, 0.29) is 11.7 Å². The van der Waals surface area contributed by atoms with E-state index in [2.05, 4.69) is 32.9 Å². The van der Waals surface area contributed by atoms with Gasteiger partial charge in [0, 0.05) is 17.7 Å². The first kappa shape index (κ1) is 21.7. The van der Waals surface area contributed by atoms with Gasteiger partial charge in [-0.15, -0.1) is 0 Å². The Morgan fingerprint density at radius 3 is 2.57 bits per heavy atom. The Hall–Kier alpha value is -3.01. The van der Waals surface area contributed by atoms with Crippen LogP contribution in [-0.2, 0) is 19.5 Å². The van der Waals surface area contributed by atoms with E-state index in [1.807, 2.05) is 30.3 Å². The molecule has 1 aliphatic rings. The molecule has 0 fully saturated rings. The van der Waals surface area contributed by atoms with Gasteiger partial charge in [-0.25, -0.2) is 0 Å². The van der Waals surface area contributed by atoms with E-state index in [0.29, 0.717) is 36.4 Å². The summed E-state index contributed by atoms with van der Waals surface area (Å²) in [5, 5.41) is 11.0. The van der Waals surface area contributed by atoms with Crippen LogP contribution in [0.1, 0.15) is 60.7 Å². The van der Waals surface area contributed by atoms with Gasteiger partial charge in [0.25, 0.3) is 5.91 Å². The zero-order valence-electron chi connectivity index (χ0n) is 18.4. The van der Waals surface area contributed by atoms with Gasteiger partial charge in [-0.2, -0.15) is 0 Å². The van der Waals surface area contributed by atoms with E-state index in [4.69, 9.17) is 4.74 Å². The number of phenols is 1. The van der Waals surface area contributed by atoms with Crippen molar-refractivity contribution in [1.29, 1.82) is 0 Å². The van der Waals surface area contributed by atoms with Crippen LogP contribution >= 0.6 is 0 Å². The molecule has 0 radical (unpaired) electrons. The van der Waals surface area contributed by atoms with Crippen LogP contribution in [0, 0.1) is 0 Å². The molecular formula is C26H31NO3. The van der Waals surface area contributed by atoms with E-state index in [1.165, 1.54) is 11.1 Å². The molecule has 158 valence electrons. The predicted molar refractivity (Wildman–Crippen MR) is 121 cm³/mol. The molecular weight excluding hydrogens is 374 g/mol. The maximum Gasteiger partial charge on any atom is 0.255 e. The fraction of sp³-hybridized carbons (Fsp3) is 0.346. The van der Waals surface area contributed by atoms with Crippen molar-refractivity contribution in [2.24, 2.45) is 0 Å². The Morgan fingerprint density at radius 2 is 1.90 bits per heavy atom. The summed E-state index contributed by atoms with van der Waals surface area (Å²) in [7, 11) is 1.58. The molecule has 4 nitrogen and oxygen atoms in total. The predicted octanol–water partition coefficient (Wildman–Crippen LogP) is 5.79. The number of aromatic hydroxyl groups is 1. The van der Waals surface area contributed by atoms with Gasteiger partial charge in [0.2, 0.25) is 0 Å². The molecule has 3 rings (SSSR count). The molecule has 4 heteroatoms. The summed E-state index contributed by atoms with van der Waals surface area (Å²) in [5.74, 6) is 0.679. The number of carbonyl (C=O) groups excluding carboxylic acids is 1. The van der Waals surface area contributed by atoms with Crippen LogP contribution in [0.25, 0.3) is 0 Å². The highest BCUT2D eigenvalue weighted by atomic mass is 16.5. The van der Waals surface area contributed by atoms with Crippen molar-refractivity contribution in [3.05, 3.63) is 82.0 Å². The summed E-state index contributed by atoms with van der Waals surface area (Å²) in [6.07, 6.45) is 6.96. The lowest BCUT2D eigenvalue weighted by molar-refractivity contribution is 0.0766. The van der Waals surface area contributed by atoms with Gasteiger partial charge < -0.3 is 14.7 Å². The smallest absolute Gasteiger partial charge is 0.255 e. The van der Waals surface area contributed by atoms with Crippen molar-refractivity contribution in [2.75, 3.05) is 7.11 Å². The highest BCUT2D eigenvalue weighted by Gasteiger charge is 2.32. The number of rotatable bonds is 8. The van der Waals surface area contributed by atoms with Crippen molar-refractivity contribution < 1.29 is 14.6 Å². The third kappa shape index (κ3) is 4.93. The monoisotopic (exact) mass is 405 g/mol. The first-order valence-corrected chi connectivity index (χ1v) is 10.4. The number of carbonyl (C=O) groups is 1. The second kappa shape index (κ2) is 9.66. The summed E-state index contributed by atoms with van der Waals surface area (Å²) in [6.45, 7) is 7.26. The van der Waals surface area contributed by atoms with Crippen LogP contribution in [0.2, 0.25) is 0 Å². The zero-order valence-corrected chi connectivity index (χ0v) is 18.4. The molecule has 2 aromatic rings. The molecule has 0 saturated carbocycles. The number of fused-ring (bicyclic) bond motifs is 1. The van der Waals surface area contributed by atoms with Crippen LogP contribution in [0.5, 0.6) is 11.5 Å². The molecule has 0 aliphatic carbocycles. The topological polar surface area (TPSA) is 49.8 Å². The van der Waals surface area contributed by atoms with E-state index in [1.54, 1.807) is 18.1 Å². The second-order valence-electron chi connectivity index (χ2n) is 8.15. The SMILES string of the molecule is COc1cc2c(c(O)c1C/C=C(\C)CCC=C(C)C)CN(Cc1ccccc1)C2=O. The summed E-state index contributed by atoms with van der Waals surface area (Å²) < 4.78 is 5.53. The largest absolute Gasteiger partial charge is 0.507 e. The highest BCUT2D eigenvalue weighted by Crippen LogP contribution is 2.40. The van der Waals surface area contributed by atoms with Crippen LogP contribution in [0.4, 0.5) is 0 Å². The Morgan fingerprint density at radius 1 is 1.17 bits per heavy atom. The van der Waals surface area contributed by atoms with Crippen LogP contribution in [-0.4, -0.2) is 23.0 Å². The molecule has 0 spiro atoms. The number of methoxy groups -OCH3 is 1. The van der Waals surface area contributed by atoms with Gasteiger partial charge in [0.1, 0.15) is 11.5 Å². The van der Waals surface area contributed by atoms with Gasteiger partial charge in [-0.1, -0.05) is 53.6 Å². The highest BCUT2D eigenvalue weighted by molar-refractivity contribution is 6.00. The molecule has 1 heterocycles. The summed E-state index contributed by atoms with van der Waals surface area (Å²) in [4.78, 5) is 14.7. The normalized spacial score (nSPS) is 13.4. The minimum atomic E-state index is -0.0672. The molecule has 1 amide bonds. The first-order chi connectivity index (χ1) is 14.4. The minimum absolute atomic E-state index is 0.0672. The third-order valence-corrected chi connectivity index (χ3v) is 5.52. The molecule has 0 atom stereocenters. The number of amides is 1. The Balaban J connectivity index is 1.81. The van der Waals surface area contributed by atoms with Crippen molar-refractivity contribution >= 4 is 5.91 Å². The van der Waals surface area contributed by atoms with E-state index >= 15 is 0 Å². The van der Waals surface area contributed by atoms with E-state index in [9.17, 15) is 9.90 Å². The zero-order chi connectivity index (χ0) is 21.7. The van der Waals surface area contributed by atoms with Crippen molar-refractivity contribution in [3.8, 4) is 11.5 Å². The fourth-order valence-corrected chi connectivity index (χ4v) is 3.79. The summed E-state index contributed by atoms with van der Waals surface area (Å²) >= 11 is 0. The van der Waals surface area contributed by atoms with Gasteiger partial charge in [0.15, 0.2) is 0 Å². The Labute approximate surface area is 179 Å². The average Bonchev–Trinajstić information content (AvgIpc) is 3.03. The van der Waals surface area contributed by atoms with Crippen LogP contribution < -0.4 is 4.74 Å². The van der Waals surface area contributed by atoms with E-state index in [0.717, 1.165) is 24.0 Å². The van der Waals surface area contributed by atoms with E-state index < -0.39 is 0 Å². The van der Waals surface area contributed by atoms with Crippen LogP contribution in [0.3, 0.4) is 0 Å². The lowest BCUT2D eigenvalue weighted by Crippen LogP contribution is -2.23. The van der Waals surface area contributed by atoms with Crippen molar-refractivity contribution in [1.82, 2.24) is 4.90 Å². The lowest BCUT2D eigenvalue weighted by Gasteiger charge is -2.15. The molecule has 1 N–H and O–H groups in total. The third-order valence-electron chi connectivity index (χ3n) is 5.52. The molecule has 0 bridgehead atoms. The maximum atomic E-state index is 12.9. The lowest BCUT2D eigenvalue weighted by atomic mass is 9.99. The number of nitrogens with zero attached hydrogens (tertiary/aromatic N) is 1. The fourth-order valence-electron chi connectivity index (χ4n) is 3.79. The number of ether oxygens (including phenoxy) is 1. The molecule has 0 unspecified atom stereocenters. The van der Waals surface area contributed by atoms with Gasteiger partial charge in [-0.3, -0.25) is 4.79 Å². The molecule has 30 heavy (non-hydrogen) atoms. The number of hydrogen-bond donors (Lipinski definition) is 1.